The molecule has 0 aromatic carbocycles. The lowest BCUT2D eigenvalue weighted by molar-refractivity contribution is -0.149. The number of halogens is 3. The van der Waals surface area contributed by atoms with Crippen molar-refractivity contribution >= 4 is 0 Å². The summed E-state index contributed by atoms with van der Waals surface area (Å²) in [6.45, 7) is 7.14. The standard InChI is InChI=1S/C15H28F3N3/c1-11-7-12(2)13(14(19)8-11)9-20-3-5-21(6-4-20)10-15(16,17)18/h11-14H,3-10,19H2,1-2H3. The Morgan fingerprint density at radius 1 is 1.00 bits per heavy atom. The molecule has 1 aliphatic carbocycles. The highest BCUT2D eigenvalue weighted by molar-refractivity contribution is 4.88. The maximum Gasteiger partial charge on any atom is 0.401 e. The van der Waals surface area contributed by atoms with E-state index in [0.717, 1.165) is 26.1 Å². The molecule has 4 atom stereocenters. The van der Waals surface area contributed by atoms with Gasteiger partial charge in [0, 0.05) is 38.8 Å². The Bertz CT molecular complexity index is 315. The molecule has 2 fully saturated rings. The summed E-state index contributed by atoms with van der Waals surface area (Å²) in [5.41, 5.74) is 6.30. The zero-order valence-corrected chi connectivity index (χ0v) is 13.1. The molecule has 1 aliphatic heterocycles. The van der Waals surface area contributed by atoms with Crippen LogP contribution in [0.4, 0.5) is 13.2 Å². The van der Waals surface area contributed by atoms with E-state index in [9.17, 15) is 13.2 Å². The van der Waals surface area contributed by atoms with Crippen molar-refractivity contribution in [3.63, 3.8) is 0 Å². The zero-order chi connectivity index (χ0) is 15.6. The lowest BCUT2D eigenvalue weighted by Crippen LogP contribution is -2.53. The van der Waals surface area contributed by atoms with Gasteiger partial charge >= 0.3 is 6.18 Å². The Morgan fingerprint density at radius 2 is 1.57 bits per heavy atom. The molecule has 0 aromatic rings. The van der Waals surface area contributed by atoms with E-state index in [2.05, 4.69) is 18.7 Å². The highest BCUT2D eigenvalue weighted by atomic mass is 19.4. The fourth-order valence-electron chi connectivity index (χ4n) is 3.96. The highest BCUT2D eigenvalue weighted by Gasteiger charge is 2.35. The van der Waals surface area contributed by atoms with Crippen LogP contribution in [0.15, 0.2) is 0 Å². The van der Waals surface area contributed by atoms with Gasteiger partial charge in [-0.3, -0.25) is 4.90 Å². The molecule has 0 bridgehead atoms. The van der Waals surface area contributed by atoms with Crippen molar-refractivity contribution < 1.29 is 13.2 Å². The normalized spacial score (nSPS) is 36.9. The van der Waals surface area contributed by atoms with Gasteiger partial charge in [0.25, 0.3) is 0 Å². The molecule has 2 rings (SSSR count). The van der Waals surface area contributed by atoms with Crippen LogP contribution in [0.5, 0.6) is 0 Å². The smallest absolute Gasteiger partial charge is 0.327 e. The van der Waals surface area contributed by atoms with Gasteiger partial charge in [0.15, 0.2) is 0 Å². The van der Waals surface area contributed by atoms with E-state index in [4.69, 9.17) is 5.73 Å². The third-order valence-corrected chi connectivity index (χ3v) is 5.07. The average molecular weight is 307 g/mol. The number of alkyl halides is 3. The molecule has 1 saturated carbocycles. The maximum absolute atomic E-state index is 12.4. The van der Waals surface area contributed by atoms with E-state index in [0.29, 0.717) is 30.8 Å². The molecular formula is C15H28F3N3. The van der Waals surface area contributed by atoms with E-state index in [1.54, 1.807) is 0 Å². The Morgan fingerprint density at radius 3 is 2.10 bits per heavy atom. The predicted molar refractivity (Wildman–Crippen MR) is 78.0 cm³/mol. The second kappa shape index (κ2) is 6.84. The highest BCUT2D eigenvalue weighted by Crippen LogP contribution is 2.33. The second-order valence-electron chi connectivity index (χ2n) is 7.07. The first-order chi connectivity index (χ1) is 9.74. The SMILES string of the molecule is CC1CC(C)C(CN2CCN(CC(F)(F)F)CC2)C(N)C1. The van der Waals surface area contributed by atoms with Gasteiger partial charge in [0.05, 0.1) is 6.54 Å². The van der Waals surface area contributed by atoms with Crippen molar-refractivity contribution in [2.24, 2.45) is 23.5 Å². The van der Waals surface area contributed by atoms with Crippen LogP contribution in [-0.4, -0.2) is 61.3 Å². The molecule has 6 heteroatoms. The molecule has 0 aromatic heterocycles. The van der Waals surface area contributed by atoms with Crippen LogP contribution in [0.3, 0.4) is 0 Å². The van der Waals surface area contributed by atoms with E-state index in [-0.39, 0.29) is 6.04 Å². The van der Waals surface area contributed by atoms with Crippen LogP contribution in [0.25, 0.3) is 0 Å². The van der Waals surface area contributed by atoms with Gasteiger partial charge in [-0.25, -0.2) is 0 Å². The van der Waals surface area contributed by atoms with E-state index >= 15 is 0 Å². The Hall–Kier alpha value is -0.330. The quantitative estimate of drug-likeness (QED) is 0.867. The first-order valence-corrected chi connectivity index (χ1v) is 8.01. The van der Waals surface area contributed by atoms with Gasteiger partial charge in [-0.05, 0) is 30.6 Å². The summed E-state index contributed by atoms with van der Waals surface area (Å²) in [7, 11) is 0. The molecule has 0 radical (unpaired) electrons. The summed E-state index contributed by atoms with van der Waals surface area (Å²) in [6.07, 6.45) is -1.80. The fraction of sp³-hybridized carbons (Fsp3) is 1.00. The number of nitrogens with zero attached hydrogens (tertiary/aromatic N) is 2. The summed E-state index contributed by atoms with van der Waals surface area (Å²) >= 11 is 0. The third kappa shape index (κ3) is 5.11. The summed E-state index contributed by atoms with van der Waals surface area (Å²) < 4.78 is 37.1. The summed E-state index contributed by atoms with van der Waals surface area (Å²) in [5, 5.41) is 0. The average Bonchev–Trinajstić information content (AvgIpc) is 2.34. The zero-order valence-electron chi connectivity index (χ0n) is 13.1. The topological polar surface area (TPSA) is 32.5 Å². The monoisotopic (exact) mass is 307 g/mol. The molecule has 2 N–H and O–H groups in total. The number of hydrogen-bond acceptors (Lipinski definition) is 3. The number of rotatable bonds is 3. The second-order valence-corrected chi connectivity index (χ2v) is 7.07. The van der Waals surface area contributed by atoms with Gasteiger partial charge in [0.2, 0.25) is 0 Å². The van der Waals surface area contributed by atoms with Gasteiger partial charge in [-0.1, -0.05) is 13.8 Å². The van der Waals surface area contributed by atoms with Crippen molar-refractivity contribution in [2.75, 3.05) is 39.3 Å². The minimum absolute atomic E-state index is 0.233. The van der Waals surface area contributed by atoms with Crippen molar-refractivity contribution in [3.05, 3.63) is 0 Å². The van der Waals surface area contributed by atoms with Gasteiger partial charge in [0.1, 0.15) is 0 Å². The molecule has 3 nitrogen and oxygen atoms in total. The van der Waals surface area contributed by atoms with Crippen molar-refractivity contribution in [3.8, 4) is 0 Å². The molecule has 0 spiro atoms. The van der Waals surface area contributed by atoms with Crippen LogP contribution in [0.2, 0.25) is 0 Å². The number of nitrogens with two attached hydrogens (primary N) is 1. The Kier molecular flexibility index (Phi) is 5.54. The first kappa shape index (κ1) is 17.0. The minimum atomic E-state index is -4.08. The molecule has 2 aliphatic rings. The summed E-state index contributed by atoms with van der Waals surface area (Å²) in [5.74, 6) is 1.78. The summed E-state index contributed by atoms with van der Waals surface area (Å²) in [6, 6.07) is 0.233. The van der Waals surface area contributed by atoms with Crippen LogP contribution in [0.1, 0.15) is 26.7 Å². The van der Waals surface area contributed by atoms with E-state index in [1.165, 1.54) is 11.3 Å². The minimum Gasteiger partial charge on any atom is -0.327 e. The summed E-state index contributed by atoms with van der Waals surface area (Å²) in [4.78, 5) is 3.80. The molecule has 0 amide bonds. The predicted octanol–water partition coefficient (Wildman–Crippen LogP) is 2.18. The van der Waals surface area contributed by atoms with Gasteiger partial charge in [-0.2, -0.15) is 13.2 Å². The maximum atomic E-state index is 12.4. The van der Waals surface area contributed by atoms with Crippen LogP contribution < -0.4 is 5.73 Å². The Balaban J connectivity index is 1.78. The van der Waals surface area contributed by atoms with E-state index < -0.39 is 12.7 Å². The van der Waals surface area contributed by atoms with Crippen LogP contribution in [0, 0.1) is 17.8 Å². The number of piperazine rings is 1. The Labute approximate surface area is 125 Å². The number of hydrogen-bond donors (Lipinski definition) is 1. The molecule has 1 saturated heterocycles. The lowest BCUT2D eigenvalue weighted by Gasteiger charge is -2.42. The van der Waals surface area contributed by atoms with Crippen LogP contribution in [-0.2, 0) is 0 Å². The van der Waals surface area contributed by atoms with Gasteiger partial charge < -0.3 is 10.6 Å². The van der Waals surface area contributed by atoms with Gasteiger partial charge in [-0.15, -0.1) is 0 Å². The van der Waals surface area contributed by atoms with Crippen molar-refractivity contribution in [2.45, 2.75) is 38.9 Å². The lowest BCUT2D eigenvalue weighted by atomic mass is 9.72. The first-order valence-electron chi connectivity index (χ1n) is 8.01. The molecule has 21 heavy (non-hydrogen) atoms. The van der Waals surface area contributed by atoms with Crippen molar-refractivity contribution in [1.29, 1.82) is 0 Å². The van der Waals surface area contributed by atoms with Crippen LogP contribution >= 0.6 is 0 Å². The molecular weight excluding hydrogens is 279 g/mol. The van der Waals surface area contributed by atoms with E-state index in [1.807, 2.05) is 0 Å². The molecule has 1 heterocycles. The van der Waals surface area contributed by atoms with Crippen molar-refractivity contribution in [1.82, 2.24) is 9.80 Å². The fourth-order valence-corrected chi connectivity index (χ4v) is 3.96. The largest absolute Gasteiger partial charge is 0.401 e. The molecule has 4 unspecified atom stereocenters. The third-order valence-electron chi connectivity index (χ3n) is 5.07. The molecule has 124 valence electrons.